The molecule has 0 bridgehead atoms. The fourth-order valence-corrected chi connectivity index (χ4v) is 5.64. The zero-order valence-electron chi connectivity index (χ0n) is 25.8. The van der Waals surface area contributed by atoms with Crippen LogP contribution in [-0.4, -0.2) is 75.1 Å². The highest BCUT2D eigenvalue weighted by molar-refractivity contribution is 7.13. The summed E-state index contributed by atoms with van der Waals surface area (Å²) < 4.78 is 5.22. The summed E-state index contributed by atoms with van der Waals surface area (Å²) in [6.07, 6.45) is -0.721. The van der Waals surface area contributed by atoms with Gasteiger partial charge in [-0.15, -0.1) is 11.3 Å². The highest BCUT2D eigenvalue weighted by atomic mass is 32.1. The van der Waals surface area contributed by atoms with Gasteiger partial charge in [-0.25, -0.2) is 9.78 Å². The topological polar surface area (TPSA) is 138 Å². The number of hydrogen-bond acceptors (Lipinski definition) is 8. The molecule has 2 heterocycles. The fraction of sp³-hybridized carbons (Fsp3) is 0.581. The maximum Gasteiger partial charge on any atom is 0.408 e. The van der Waals surface area contributed by atoms with Crippen molar-refractivity contribution in [1.82, 2.24) is 20.5 Å². The van der Waals surface area contributed by atoms with E-state index in [2.05, 4.69) is 15.6 Å². The SMILES string of the molecule is Cc1ncsc1-c1ccc(CCC(=O)C2C[C@@H](O)CN2C(=O)[C@@H](NC(=O)[C@H](C)NC(=O)OC(C)(C)C)C(C)(C)C)cc1. The number of amides is 3. The molecule has 42 heavy (non-hydrogen) atoms. The van der Waals surface area contributed by atoms with Gasteiger partial charge in [0.1, 0.15) is 17.7 Å². The maximum atomic E-state index is 13.8. The number of β-amino-alcohol motifs (C(OH)–C–C–N with tert-alkyl or cyclic N) is 1. The summed E-state index contributed by atoms with van der Waals surface area (Å²) in [6.45, 7) is 14.1. The van der Waals surface area contributed by atoms with E-state index in [4.69, 9.17) is 4.74 Å². The average molecular weight is 601 g/mol. The number of aryl methyl sites for hydroxylation is 2. The zero-order valence-corrected chi connectivity index (χ0v) is 26.6. The number of rotatable bonds is 9. The van der Waals surface area contributed by atoms with E-state index < -0.39 is 53.2 Å². The van der Waals surface area contributed by atoms with Gasteiger partial charge in [0.2, 0.25) is 11.8 Å². The summed E-state index contributed by atoms with van der Waals surface area (Å²) in [4.78, 5) is 59.1. The second-order valence-corrected chi connectivity index (χ2v) is 13.9. The first-order valence-corrected chi connectivity index (χ1v) is 15.1. The van der Waals surface area contributed by atoms with Crippen LogP contribution in [0.5, 0.6) is 0 Å². The zero-order chi connectivity index (χ0) is 31.4. The molecule has 1 unspecified atom stereocenters. The van der Waals surface area contributed by atoms with Crippen molar-refractivity contribution < 1.29 is 29.0 Å². The molecular formula is C31H44N4O6S. The highest BCUT2D eigenvalue weighted by Crippen LogP contribution is 2.29. The lowest BCUT2D eigenvalue weighted by Crippen LogP contribution is -2.59. The van der Waals surface area contributed by atoms with Crippen molar-refractivity contribution in [3.05, 3.63) is 41.0 Å². The Morgan fingerprint density at radius 1 is 1.10 bits per heavy atom. The van der Waals surface area contributed by atoms with E-state index in [1.807, 2.05) is 57.5 Å². The molecule has 0 radical (unpaired) electrons. The molecule has 0 spiro atoms. The number of ketones is 1. The van der Waals surface area contributed by atoms with E-state index >= 15 is 0 Å². The average Bonchev–Trinajstić information content (AvgIpc) is 3.49. The van der Waals surface area contributed by atoms with Gasteiger partial charge in [-0.05, 0) is 57.6 Å². The fourth-order valence-electron chi connectivity index (χ4n) is 4.83. The number of Topliss-reactive ketones (excluding diaryl/α,β-unsaturated/α-hetero) is 1. The third-order valence-corrected chi connectivity index (χ3v) is 8.06. The van der Waals surface area contributed by atoms with Gasteiger partial charge in [0, 0.05) is 19.4 Å². The lowest BCUT2D eigenvalue weighted by atomic mass is 9.85. The quantitative estimate of drug-likeness (QED) is 0.395. The van der Waals surface area contributed by atoms with Crippen molar-refractivity contribution >= 4 is 35.0 Å². The van der Waals surface area contributed by atoms with E-state index in [0.717, 1.165) is 21.7 Å². The molecule has 3 amide bonds. The smallest absolute Gasteiger partial charge is 0.408 e. The van der Waals surface area contributed by atoms with E-state index in [1.165, 1.54) is 11.8 Å². The Hall–Kier alpha value is -3.31. The molecule has 1 saturated heterocycles. The Balaban J connectivity index is 1.66. The Labute approximate surface area is 252 Å². The number of hydrogen-bond donors (Lipinski definition) is 3. The summed E-state index contributed by atoms with van der Waals surface area (Å²) in [5, 5.41) is 15.7. The predicted octanol–water partition coefficient (Wildman–Crippen LogP) is 4.03. The Kier molecular flexibility index (Phi) is 10.5. The van der Waals surface area contributed by atoms with Gasteiger partial charge in [-0.3, -0.25) is 14.4 Å². The van der Waals surface area contributed by atoms with Crippen LogP contribution in [0.4, 0.5) is 4.79 Å². The minimum atomic E-state index is -0.990. The second-order valence-electron chi connectivity index (χ2n) is 13.0. The van der Waals surface area contributed by atoms with Crippen molar-refractivity contribution in [2.24, 2.45) is 5.41 Å². The van der Waals surface area contributed by atoms with Crippen LogP contribution in [0.2, 0.25) is 0 Å². The normalized spacial score (nSPS) is 18.7. The Bertz CT molecular complexity index is 1280. The van der Waals surface area contributed by atoms with Crippen molar-refractivity contribution in [3.8, 4) is 10.4 Å². The molecule has 230 valence electrons. The minimum Gasteiger partial charge on any atom is -0.444 e. The van der Waals surface area contributed by atoms with Gasteiger partial charge < -0.3 is 25.4 Å². The molecule has 3 rings (SSSR count). The number of carbonyl (C=O) groups is 4. The number of aromatic nitrogens is 1. The number of benzene rings is 1. The third kappa shape index (κ3) is 8.84. The van der Waals surface area contributed by atoms with Crippen molar-refractivity contribution in [3.63, 3.8) is 0 Å². The van der Waals surface area contributed by atoms with Gasteiger partial charge in [-0.1, -0.05) is 45.0 Å². The molecular weight excluding hydrogens is 556 g/mol. The largest absolute Gasteiger partial charge is 0.444 e. The molecule has 1 aromatic carbocycles. The van der Waals surface area contributed by atoms with Crippen LogP contribution in [0.25, 0.3) is 10.4 Å². The van der Waals surface area contributed by atoms with E-state index in [0.29, 0.717) is 6.42 Å². The summed E-state index contributed by atoms with van der Waals surface area (Å²) in [5.74, 6) is -1.14. The minimum absolute atomic E-state index is 0.00625. The molecule has 0 saturated carbocycles. The molecule has 1 fully saturated rings. The lowest BCUT2D eigenvalue weighted by Gasteiger charge is -2.36. The molecule has 1 aromatic heterocycles. The molecule has 1 aliphatic rings. The summed E-state index contributed by atoms with van der Waals surface area (Å²) >= 11 is 1.58. The van der Waals surface area contributed by atoms with E-state index in [1.54, 1.807) is 32.1 Å². The number of thiazole rings is 1. The van der Waals surface area contributed by atoms with Gasteiger partial charge >= 0.3 is 6.09 Å². The van der Waals surface area contributed by atoms with Crippen LogP contribution in [0.3, 0.4) is 0 Å². The Morgan fingerprint density at radius 2 is 1.74 bits per heavy atom. The third-order valence-electron chi connectivity index (χ3n) is 7.08. The van der Waals surface area contributed by atoms with Crippen molar-refractivity contribution in [2.45, 2.75) is 104 Å². The van der Waals surface area contributed by atoms with Gasteiger partial charge in [0.15, 0.2) is 5.78 Å². The summed E-state index contributed by atoms with van der Waals surface area (Å²) in [7, 11) is 0. The Morgan fingerprint density at radius 3 is 2.29 bits per heavy atom. The van der Waals surface area contributed by atoms with Crippen LogP contribution in [-0.2, 0) is 25.5 Å². The number of nitrogens with zero attached hydrogens (tertiary/aromatic N) is 2. The van der Waals surface area contributed by atoms with Crippen molar-refractivity contribution in [2.75, 3.05) is 6.54 Å². The van der Waals surface area contributed by atoms with Gasteiger partial charge in [0.05, 0.1) is 28.2 Å². The molecule has 0 aliphatic carbocycles. The standard InChI is InChI=1S/C31H44N4O6S/c1-18-25(42-17-32-18)21-12-9-20(10-13-21)11-14-24(37)23-15-22(36)16-35(23)28(39)26(30(3,4)5)34-27(38)19(2)33-29(40)41-31(6,7)8/h9-10,12-13,17,19,22-23,26,36H,11,14-16H2,1-8H3,(H,33,40)(H,34,38)/t19-,22+,23?,26+/m0/s1. The first kappa shape index (κ1) is 33.2. The van der Waals surface area contributed by atoms with Crippen LogP contribution < -0.4 is 10.6 Å². The number of aliphatic hydroxyl groups is 1. The number of nitrogens with one attached hydrogen (secondary N) is 2. The first-order valence-electron chi connectivity index (χ1n) is 14.3. The number of ether oxygens (including phenoxy) is 1. The monoisotopic (exact) mass is 600 g/mol. The van der Waals surface area contributed by atoms with Crippen LogP contribution in [0.15, 0.2) is 29.8 Å². The molecule has 10 nitrogen and oxygen atoms in total. The van der Waals surface area contributed by atoms with Gasteiger partial charge in [-0.2, -0.15) is 0 Å². The van der Waals surface area contributed by atoms with Crippen molar-refractivity contribution in [1.29, 1.82) is 0 Å². The van der Waals surface area contributed by atoms with E-state index in [-0.39, 0.29) is 25.2 Å². The summed E-state index contributed by atoms with van der Waals surface area (Å²) in [6, 6.07) is 5.28. The molecule has 1 aliphatic heterocycles. The van der Waals surface area contributed by atoms with E-state index in [9.17, 15) is 24.3 Å². The molecule has 3 N–H and O–H groups in total. The second kappa shape index (κ2) is 13.3. The van der Waals surface area contributed by atoms with Crippen LogP contribution >= 0.6 is 11.3 Å². The maximum absolute atomic E-state index is 13.8. The van der Waals surface area contributed by atoms with Crippen LogP contribution in [0, 0.1) is 12.3 Å². The molecule has 4 atom stereocenters. The number of carbonyl (C=O) groups excluding carboxylic acids is 4. The first-order chi connectivity index (χ1) is 19.5. The number of alkyl carbamates (subject to hydrolysis) is 1. The molecule has 11 heteroatoms. The summed E-state index contributed by atoms with van der Waals surface area (Å²) in [5.41, 5.74) is 3.43. The number of aliphatic hydroxyl groups excluding tert-OH is 1. The number of likely N-dealkylation sites (tertiary alicyclic amines) is 1. The highest BCUT2D eigenvalue weighted by Gasteiger charge is 2.44. The molecule has 2 aromatic rings. The lowest BCUT2D eigenvalue weighted by molar-refractivity contribution is -0.143. The van der Waals surface area contributed by atoms with Crippen LogP contribution in [0.1, 0.15) is 72.6 Å². The van der Waals surface area contributed by atoms with Gasteiger partial charge in [0.25, 0.3) is 0 Å². The predicted molar refractivity (Wildman–Crippen MR) is 162 cm³/mol.